The van der Waals surface area contributed by atoms with Gasteiger partial charge in [-0.15, -0.1) is 0 Å². The minimum atomic E-state index is -1.04. The summed E-state index contributed by atoms with van der Waals surface area (Å²) in [6, 6.07) is 22.3. The van der Waals surface area contributed by atoms with E-state index in [0.29, 0.717) is 5.75 Å². The van der Waals surface area contributed by atoms with Crippen molar-refractivity contribution in [3.63, 3.8) is 0 Å². The van der Waals surface area contributed by atoms with Crippen LogP contribution < -0.4 is 10.1 Å². The third-order valence-corrected chi connectivity index (χ3v) is 5.78. The smallest absolute Gasteiger partial charge is 0.223 e. The van der Waals surface area contributed by atoms with E-state index in [4.69, 9.17) is 18.9 Å². The number of hydrogen-bond acceptors (Lipinski definition) is 6. The highest BCUT2D eigenvalue weighted by Gasteiger charge is 2.50. The van der Waals surface area contributed by atoms with Gasteiger partial charge in [-0.05, 0) is 22.9 Å². The zero-order valence-corrected chi connectivity index (χ0v) is 17.6. The zero-order chi connectivity index (χ0) is 22.1. The Morgan fingerprint density at radius 3 is 2.53 bits per heavy atom. The second-order valence-electron chi connectivity index (χ2n) is 8.06. The third-order valence-electron chi connectivity index (χ3n) is 5.78. The maximum atomic E-state index is 11.9. The number of nitrogens with one attached hydrogen (secondary N) is 1. The van der Waals surface area contributed by atoms with Gasteiger partial charge in [0.1, 0.15) is 30.1 Å². The standard InChI is InChI=1S/C25H25NO6/c1-15(27)26-21-22(28)23-20(14-29-24(32-23)17-8-3-2-4-9-17)31-25(21)30-19-12-11-16-7-5-6-10-18(16)13-19/h2-13,20-25,28H,14H2,1H3,(H,26,27)/t20-,21+,22+,23-,24+,25-/m1/s1. The molecule has 5 rings (SSSR count). The molecule has 1 amide bonds. The lowest BCUT2D eigenvalue weighted by atomic mass is 9.95. The van der Waals surface area contributed by atoms with Crippen molar-refractivity contribution in [2.75, 3.05) is 6.61 Å². The molecule has 3 aromatic carbocycles. The van der Waals surface area contributed by atoms with Crippen LogP contribution in [0.25, 0.3) is 10.8 Å². The normalized spacial score (nSPS) is 29.8. The van der Waals surface area contributed by atoms with Crippen molar-refractivity contribution in [3.05, 3.63) is 78.4 Å². The van der Waals surface area contributed by atoms with Gasteiger partial charge in [0.2, 0.25) is 12.2 Å². The van der Waals surface area contributed by atoms with E-state index in [1.54, 1.807) is 0 Å². The van der Waals surface area contributed by atoms with Gasteiger partial charge in [-0.2, -0.15) is 0 Å². The molecule has 3 aromatic rings. The molecule has 2 aliphatic heterocycles. The minimum absolute atomic E-state index is 0.228. The molecule has 0 unspecified atom stereocenters. The molecule has 2 N–H and O–H groups in total. The monoisotopic (exact) mass is 435 g/mol. The van der Waals surface area contributed by atoms with Gasteiger partial charge in [0.15, 0.2) is 6.29 Å². The average Bonchev–Trinajstić information content (AvgIpc) is 2.82. The number of aliphatic hydroxyl groups is 1. The number of carbonyl (C=O) groups is 1. The fraction of sp³-hybridized carbons (Fsp3) is 0.320. The minimum Gasteiger partial charge on any atom is -0.463 e. The molecule has 32 heavy (non-hydrogen) atoms. The first-order chi connectivity index (χ1) is 15.6. The lowest BCUT2D eigenvalue weighted by Crippen LogP contribution is -2.67. The SMILES string of the molecule is CC(=O)N[C@@H]1[C@H](Oc2ccc3ccccc3c2)O[C@@H]2CO[C@H](c3ccccc3)O[C@H]2[C@H]1O. The maximum absolute atomic E-state index is 11.9. The quantitative estimate of drug-likeness (QED) is 0.656. The summed E-state index contributed by atoms with van der Waals surface area (Å²) >= 11 is 0. The summed E-state index contributed by atoms with van der Waals surface area (Å²) in [6.07, 6.45) is -3.79. The van der Waals surface area contributed by atoms with Crippen molar-refractivity contribution in [2.24, 2.45) is 0 Å². The predicted molar refractivity (Wildman–Crippen MR) is 117 cm³/mol. The molecule has 6 atom stereocenters. The Hall–Kier alpha value is -2.97. The Kier molecular flexibility index (Phi) is 5.80. The van der Waals surface area contributed by atoms with Crippen LogP contribution in [0, 0.1) is 0 Å². The molecular weight excluding hydrogens is 410 g/mol. The fourth-order valence-electron chi connectivity index (χ4n) is 4.24. The highest BCUT2D eigenvalue weighted by Crippen LogP contribution is 2.35. The Morgan fingerprint density at radius 2 is 1.75 bits per heavy atom. The van der Waals surface area contributed by atoms with Gasteiger partial charge >= 0.3 is 0 Å². The number of benzene rings is 3. The lowest BCUT2D eigenvalue weighted by molar-refractivity contribution is -0.333. The molecular formula is C25H25NO6. The van der Waals surface area contributed by atoms with Crippen LogP contribution in [0.2, 0.25) is 0 Å². The van der Waals surface area contributed by atoms with Crippen molar-refractivity contribution in [1.29, 1.82) is 0 Å². The van der Waals surface area contributed by atoms with Gasteiger partial charge in [-0.3, -0.25) is 4.79 Å². The van der Waals surface area contributed by atoms with Crippen molar-refractivity contribution >= 4 is 16.7 Å². The molecule has 0 saturated carbocycles. The van der Waals surface area contributed by atoms with E-state index in [-0.39, 0.29) is 12.5 Å². The summed E-state index contributed by atoms with van der Waals surface area (Å²) in [6.45, 7) is 1.62. The molecule has 0 aliphatic carbocycles. The van der Waals surface area contributed by atoms with Crippen molar-refractivity contribution < 1.29 is 28.8 Å². The number of fused-ring (bicyclic) bond motifs is 2. The van der Waals surface area contributed by atoms with Crippen LogP contribution in [0.5, 0.6) is 5.75 Å². The van der Waals surface area contributed by atoms with Gasteiger partial charge in [0.05, 0.1) is 6.61 Å². The van der Waals surface area contributed by atoms with Gasteiger partial charge in [-0.1, -0.05) is 60.7 Å². The third kappa shape index (κ3) is 4.20. The van der Waals surface area contributed by atoms with Crippen LogP contribution in [0.3, 0.4) is 0 Å². The maximum Gasteiger partial charge on any atom is 0.223 e. The summed E-state index contributed by atoms with van der Waals surface area (Å²) < 4.78 is 24.1. The Labute approximate surface area is 185 Å². The van der Waals surface area contributed by atoms with Crippen LogP contribution in [0.4, 0.5) is 0 Å². The largest absolute Gasteiger partial charge is 0.463 e. The summed E-state index contributed by atoms with van der Waals surface area (Å²) in [5, 5.41) is 16.0. The summed E-state index contributed by atoms with van der Waals surface area (Å²) in [4.78, 5) is 11.9. The second kappa shape index (κ2) is 8.88. The highest BCUT2D eigenvalue weighted by atomic mass is 16.7. The lowest BCUT2D eigenvalue weighted by Gasteiger charge is -2.47. The summed E-state index contributed by atoms with van der Waals surface area (Å²) in [7, 11) is 0. The van der Waals surface area contributed by atoms with Crippen molar-refractivity contribution in [2.45, 2.75) is 43.9 Å². The summed E-state index contributed by atoms with van der Waals surface area (Å²) in [5.41, 5.74) is 0.851. The molecule has 0 radical (unpaired) electrons. The first-order valence-corrected chi connectivity index (χ1v) is 10.7. The molecule has 0 bridgehead atoms. The number of hydrogen-bond donors (Lipinski definition) is 2. The molecule has 2 fully saturated rings. The van der Waals surface area contributed by atoms with Crippen LogP contribution in [-0.4, -0.2) is 48.3 Å². The zero-order valence-electron chi connectivity index (χ0n) is 17.6. The Balaban J connectivity index is 1.37. The van der Waals surface area contributed by atoms with E-state index in [2.05, 4.69) is 5.32 Å². The molecule has 2 saturated heterocycles. The van der Waals surface area contributed by atoms with Gasteiger partial charge in [-0.25, -0.2) is 0 Å². The van der Waals surface area contributed by atoms with Gasteiger partial charge in [0.25, 0.3) is 0 Å². The summed E-state index contributed by atoms with van der Waals surface area (Å²) in [5.74, 6) is 0.282. The van der Waals surface area contributed by atoms with Crippen molar-refractivity contribution in [1.82, 2.24) is 5.32 Å². The topological polar surface area (TPSA) is 86.3 Å². The van der Waals surface area contributed by atoms with E-state index in [1.165, 1.54) is 6.92 Å². The number of ether oxygens (including phenoxy) is 4. The van der Waals surface area contributed by atoms with Crippen LogP contribution in [0.1, 0.15) is 18.8 Å². The van der Waals surface area contributed by atoms with E-state index in [9.17, 15) is 9.90 Å². The predicted octanol–water partition coefficient (Wildman–Crippen LogP) is 2.92. The Bertz CT molecular complexity index is 1090. The van der Waals surface area contributed by atoms with Gasteiger partial charge in [0, 0.05) is 12.5 Å². The first kappa shape index (κ1) is 20.9. The highest BCUT2D eigenvalue weighted by molar-refractivity contribution is 5.83. The van der Waals surface area contributed by atoms with Crippen LogP contribution in [0.15, 0.2) is 72.8 Å². The molecule has 7 nitrogen and oxygen atoms in total. The fourth-order valence-corrected chi connectivity index (χ4v) is 4.24. The number of carbonyl (C=O) groups excluding carboxylic acids is 1. The van der Waals surface area contributed by atoms with E-state index in [0.717, 1.165) is 16.3 Å². The molecule has 7 heteroatoms. The molecule has 0 spiro atoms. The molecule has 2 heterocycles. The second-order valence-corrected chi connectivity index (χ2v) is 8.06. The molecule has 166 valence electrons. The van der Waals surface area contributed by atoms with Crippen LogP contribution >= 0.6 is 0 Å². The van der Waals surface area contributed by atoms with Crippen molar-refractivity contribution in [3.8, 4) is 5.75 Å². The number of rotatable bonds is 4. The van der Waals surface area contributed by atoms with E-state index < -0.39 is 36.9 Å². The van der Waals surface area contributed by atoms with Gasteiger partial charge < -0.3 is 29.4 Å². The van der Waals surface area contributed by atoms with Crippen LogP contribution in [-0.2, 0) is 19.0 Å². The number of aliphatic hydroxyl groups excluding tert-OH is 1. The van der Waals surface area contributed by atoms with E-state index in [1.807, 2.05) is 72.8 Å². The molecule has 2 aliphatic rings. The van der Waals surface area contributed by atoms with E-state index >= 15 is 0 Å². The first-order valence-electron chi connectivity index (χ1n) is 10.7. The number of amides is 1. The average molecular weight is 435 g/mol. The Morgan fingerprint density at radius 1 is 1.00 bits per heavy atom. The molecule has 0 aromatic heterocycles.